The van der Waals surface area contributed by atoms with Crippen molar-refractivity contribution in [2.75, 3.05) is 16.0 Å². The van der Waals surface area contributed by atoms with Crippen LogP contribution in [-0.2, 0) is 4.74 Å². The van der Waals surface area contributed by atoms with Gasteiger partial charge in [0.15, 0.2) is 0 Å². The molecule has 0 fully saturated rings. The fourth-order valence-corrected chi connectivity index (χ4v) is 3.46. The molecule has 3 aromatic rings. The molecule has 0 aliphatic heterocycles. The number of ether oxygens (including phenoxy) is 1. The zero-order valence-corrected chi connectivity index (χ0v) is 18.8. The second kappa shape index (κ2) is 9.45. The zero-order chi connectivity index (χ0) is 23.3. The van der Waals surface area contributed by atoms with Gasteiger partial charge in [0.2, 0.25) is 0 Å². The Morgan fingerprint density at radius 3 is 2.38 bits per heavy atom. The molecular weight excluding hydrogens is 428 g/mol. The summed E-state index contributed by atoms with van der Waals surface area (Å²) in [4.78, 5) is 28.9. The summed E-state index contributed by atoms with van der Waals surface area (Å²) in [5, 5.41) is 18.1. The van der Waals surface area contributed by atoms with Crippen molar-refractivity contribution in [3.05, 3.63) is 59.4 Å². The Balaban J connectivity index is 1.69. The minimum absolute atomic E-state index is 0.344. The highest BCUT2D eigenvalue weighted by Gasteiger charge is 2.20. The van der Waals surface area contributed by atoms with Crippen molar-refractivity contribution < 1.29 is 14.3 Å². The van der Waals surface area contributed by atoms with Crippen LogP contribution in [-0.4, -0.2) is 27.0 Å². The monoisotopic (exact) mass is 450 g/mol. The number of amides is 2. The van der Waals surface area contributed by atoms with Crippen molar-refractivity contribution in [2.24, 2.45) is 0 Å². The second-order valence-corrected chi connectivity index (χ2v) is 8.57. The fourth-order valence-electron chi connectivity index (χ4n) is 2.66. The lowest BCUT2D eigenvalue weighted by atomic mass is 10.2. The first-order valence-corrected chi connectivity index (χ1v) is 10.4. The molecule has 9 nitrogen and oxygen atoms in total. The van der Waals surface area contributed by atoms with E-state index in [1.807, 2.05) is 0 Å². The maximum Gasteiger partial charge on any atom is 0.412 e. The number of benzene rings is 1. The van der Waals surface area contributed by atoms with E-state index in [2.05, 4.69) is 31.4 Å². The summed E-state index contributed by atoms with van der Waals surface area (Å²) in [5.41, 5.74) is 1.89. The van der Waals surface area contributed by atoms with Gasteiger partial charge in [0.25, 0.3) is 5.91 Å². The highest BCUT2D eigenvalue weighted by Crippen LogP contribution is 2.28. The number of carbonyl (C=O) groups excluding carboxylic acids is 2. The molecule has 0 radical (unpaired) electrons. The van der Waals surface area contributed by atoms with E-state index >= 15 is 0 Å². The Morgan fingerprint density at radius 1 is 1.09 bits per heavy atom. The molecule has 10 heteroatoms. The largest absolute Gasteiger partial charge is 0.444 e. The number of nitriles is 1. The Morgan fingerprint density at radius 2 is 1.75 bits per heavy atom. The van der Waals surface area contributed by atoms with Crippen LogP contribution in [0.2, 0.25) is 0 Å². The predicted molar refractivity (Wildman–Crippen MR) is 123 cm³/mol. The van der Waals surface area contributed by atoms with E-state index in [0.29, 0.717) is 39.0 Å². The van der Waals surface area contributed by atoms with Crippen LogP contribution in [0.4, 0.5) is 27.0 Å². The summed E-state index contributed by atoms with van der Waals surface area (Å²) < 4.78 is 9.48. The average Bonchev–Trinajstić information content (AvgIpc) is 3.08. The SMILES string of the molecule is Cc1nsc(Nc2cc(C#N)ccn2)c1C(=O)Nc1ccc(NC(=O)OC(C)(C)C)cc1. The number of aromatic nitrogens is 2. The van der Waals surface area contributed by atoms with Crippen molar-refractivity contribution >= 4 is 45.7 Å². The van der Waals surface area contributed by atoms with E-state index in [-0.39, 0.29) is 5.91 Å². The normalized spacial score (nSPS) is 10.7. The highest BCUT2D eigenvalue weighted by molar-refractivity contribution is 7.10. The third kappa shape index (κ3) is 6.02. The standard InChI is InChI=1S/C22H22N6O3S/c1-13-18(20(32-28-13)27-17-11-14(12-23)9-10-24-17)19(29)25-15-5-7-16(8-6-15)26-21(30)31-22(2,3)4/h5-11H,1-4H3,(H,24,27)(H,25,29)(H,26,30). The van der Waals surface area contributed by atoms with Crippen LogP contribution in [0.25, 0.3) is 0 Å². The molecule has 0 unspecified atom stereocenters. The number of pyridine rings is 1. The first kappa shape index (κ1) is 22.7. The second-order valence-electron chi connectivity index (χ2n) is 7.80. The average molecular weight is 451 g/mol. The number of hydrogen-bond donors (Lipinski definition) is 3. The Labute approximate surface area is 189 Å². The van der Waals surface area contributed by atoms with Gasteiger partial charge >= 0.3 is 6.09 Å². The van der Waals surface area contributed by atoms with Crippen LogP contribution in [0.3, 0.4) is 0 Å². The van der Waals surface area contributed by atoms with E-state index in [4.69, 9.17) is 10.00 Å². The van der Waals surface area contributed by atoms with Crippen molar-refractivity contribution in [3.8, 4) is 6.07 Å². The van der Waals surface area contributed by atoms with E-state index in [0.717, 1.165) is 11.5 Å². The predicted octanol–water partition coefficient (Wildman–Crippen LogP) is 5.06. The molecule has 1 aromatic carbocycles. The summed E-state index contributed by atoms with van der Waals surface area (Å²) in [7, 11) is 0. The number of nitrogens with one attached hydrogen (secondary N) is 3. The van der Waals surface area contributed by atoms with Gasteiger partial charge in [-0.25, -0.2) is 9.78 Å². The van der Waals surface area contributed by atoms with Crippen LogP contribution in [0, 0.1) is 18.3 Å². The maximum absolute atomic E-state index is 12.9. The molecule has 3 N–H and O–H groups in total. The van der Waals surface area contributed by atoms with E-state index < -0.39 is 11.7 Å². The fraction of sp³-hybridized carbons (Fsp3) is 0.227. The maximum atomic E-state index is 12.9. The molecule has 0 aliphatic carbocycles. The van der Waals surface area contributed by atoms with E-state index in [1.165, 1.54) is 6.20 Å². The number of anilines is 4. The number of carbonyl (C=O) groups is 2. The molecule has 2 aromatic heterocycles. The van der Waals surface area contributed by atoms with Crippen LogP contribution in [0.15, 0.2) is 42.6 Å². The first-order chi connectivity index (χ1) is 15.1. The third-order valence-corrected chi connectivity index (χ3v) is 4.86. The molecule has 0 saturated heterocycles. The lowest BCUT2D eigenvalue weighted by molar-refractivity contribution is 0.0635. The van der Waals surface area contributed by atoms with Crippen LogP contribution >= 0.6 is 11.5 Å². The molecule has 3 rings (SSSR count). The van der Waals surface area contributed by atoms with Gasteiger partial charge in [-0.05, 0) is 75.6 Å². The lowest BCUT2D eigenvalue weighted by Crippen LogP contribution is -2.27. The molecule has 32 heavy (non-hydrogen) atoms. The minimum atomic E-state index is -0.596. The summed E-state index contributed by atoms with van der Waals surface area (Å²) in [6.07, 6.45) is 0.959. The Kier molecular flexibility index (Phi) is 6.70. The summed E-state index contributed by atoms with van der Waals surface area (Å²) in [6.45, 7) is 7.09. The molecule has 0 aliphatic rings. The molecule has 164 valence electrons. The van der Waals surface area contributed by atoms with E-state index in [1.54, 1.807) is 64.1 Å². The van der Waals surface area contributed by atoms with Gasteiger partial charge in [-0.2, -0.15) is 9.64 Å². The number of hydrogen-bond acceptors (Lipinski definition) is 8. The first-order valence-electron chi connectivity index (χ1n) is 9.65. The van der Waals surface area contributed by atoms with Crippen LogP contribution < -0.4 is 16.0 Å². The minimum Gasteiger partial charge on any atom is -0.444 e. The summed E-state index contributed by atoms with van der Waals surface area (Å²) in [5.74, 6) is 0.0994. The van der Waals surface area contributed by atoms with Crippen LogP contribution in [0.5, 0.6) is 0 Å². The Bertz CT molecular complexity index is 1180. The smallest absolute Gasteiger partial charge is 0.412 e. The molecule has 0 atom stereocenters. The van der Waals surface area contributed by atoms with Gasteiger partial charge in [-0.15, -0.1) is 0 Å². The quantitative estimate of drug-likeness (QED) is 0.495. The van der Waals surface area contributed by atoms with Crippen molar-refractivity contribution in [1.29, 1.82) is 5.26 Å². The van der Waals surface area contributed by atoms with Crippen molar-refractivity contribution in [1.82, 2.24) is 9.36 Å². The molecule has 0 spiro atoms. The molecule has 0 bridgehead atoms. The molecular formula is C22H22N6O3S. The van der Waals surface area contributed by atoms with E-state index in [9.17, 15) is 9.59 Å². The number of nitrogens with zero attached hydrogens (tertiary/aromatic N) is 3. The van der Waals surface area contributed by atoms with Gasteiger partial charge in [0, 0.05) is 17.6 Å². The summed E-state index contributed by atoms with van der Waals surface area (Å²) >= 11 is 1.13. The summed E-state index contributed by atoms with van der Waals surface area (Å²) in [6, 6.07) is 11.9. The van der Waals surface area contributed by atoms with Gasteiger partial charge < -0.3 is 15.4 Å². The van der Waals surface area contributed by atoms with Gasteiger partial charge in [-0.3, -0.25) is 10.1 Å². The van der Waals surface area contributed by atoms with Gasteiger partial charge in [-0.1, -0.05) is 0 Å². The highest BCUT2D eigenvalue weighted by atomic mass is 32.1. The molecule has 2 heterocycles. The Hall–Kier alpha value is -3.97. The van der Waals surface area contributed by atoms with Crippen LogP contribution in [0.1, 0.15) is 42.4 Å². The topological polar surface area (TPSA) is 129 Å². The third-order valence-electron chi connectivity index (χ3n) is 4.01. The molecule has 0 saturated carbocycles. The van der Waals surface area contributed by atoms with Gasteiger partial charge in [0.05, 0.1) is 22.9 Å². The number of rotatable bonds is 5. The molecule has 2 amide bonds. The van der Waals surface area contributed by atoms with Crippen molar-refractivity contribution in [3.63, 3.8) is 0 Å². The van der Waals surface area contributed by atoms with Crippen molar-refractivity contribution in [2.45, 2.75) is 33.3 Å². The van der Waals surface area contributed by atoms with Gasteiger partial charge in [0.1, 0.15) is 16.4 Å². The zero-order valence-electron chi connectivity index (χ0n) is 18.0. The number of aryl methyl sites for hydroxylation is 1. The lowest BCUT2D eigenvalue weighted by Gasteiger charge is -2.19.